The van der Waals surface area contributed by atoms with E-state index in [9.17, 15) is 9.18 Å². The van der Waals surface area contributed by atoms with Gasteiger partial charge in [-0.3, -0.25) is 4.79 Å². The van der Waals surface area contributed by atoms with E-state index < -0.39 is 0 Å². The maximum absolute atomic E-state index is 13.1. The van der Waals surface area contributed by atoms with E-state index >= 15 is 0 Å². The average Bonchev–Trinajstić information content (AvgIpc) is 2.78. The minimum Gasteiger partial charge on any atom is -0.394 e. The number of likely N-dealkylation sites (N-methyl/N-ethyl adjacent to an activating group) is 1. The average molecular weight is 267 g/mol. The van der Waals surface area contributed by atoms with Crippen molar-refractivity contribution in [3.8, 4) is 0 Å². The first-order valence-electron chi connectivity index (χ1n) is 5.60. The van der Waals surface area contributed by atoms with Gasteiger partial charge in [0.1, 0.15) is 5.82 Å². The third-order valence-corrected chi connectivity index (χ3v) is 4.02. The molecule has 18 heavy (non-hydrogen) atoms. The highest BCUT2D eigenvalue weighted by Gasteiger charge is 2.19. The van der Waals surface area contributed by atoms with Crippen LogP contribution in [0.15, 0.2) is 24.3 Å². The number of halogens is 1. The summed E-state index contributed by atoms with van der Waals surface area (Å²) in [6.07, 6.45) is 0. The lowest BCUT2D eigenvalue weighted by molar-refractivity contribution is 0.0687. The molecular formula is C13H14FNO2S. The van der Waals surface area contributed by atoms with Crippen molar-refractivity contribution in [1.82, 2.24) is 4.90 Å². The molecule has 1 N–H and O–H groups in total. The molecule has 0 spiro atoms. The van der Waals surface area contributed by atoms with Crippen LogP contribution in [0.4, 0.5) is 4.39 Å². The number of rotatable bonds is 3. The Morgan fingerprint density at radius 1 is 1.50 bits per heavy atom. The fourth-order valence-electron chi connectivity index (χ4n) is 1.61. The quantitative estimate of drug-likeness (QED) is 0.928. The van der Waals surface area contributed by atoms with Crippen LogP contribution in [-0.4, -0.2) is 35.6 Å². The van der Waals surface area contributed by atoms with E-state index in [0.717, 1.165) is 10.1 Å². The lowest BCUT2D eigenvalue weighted by Gasteiger charge is -2.22. The van der Waals surface area contributed by atoms with Crippen molar-refractivity contribution in [3.05, 3.63) is 35.0 Å². The number of amides is 1. The summed E-state index contributed by atoms with van der Waals surface area (Å²) in [4.78, 5) is 14.2. The van der Waals surface area contributed by atoms with Gasteiger partial charge < -0.3 is 10.0 Å². The fourth-order valence-corrected chi connectivity index (χ4v) is 2.68. The van der Waals surface area contributed by atoms with Crippen molar-refractivity contribution in [2.45, 2.75) is 13.0 Å². The minimum absolute atomic E-state index is 0.0816. The molecule has 0 radical (unpaired) electrons. The van der Waals surface area contributed by atoms with Gasteiger partial charge in [0, 0.05) is 11.7 Å². The maximum atomic E-state index is 13.1. The van der Waals surface area contributed by atoms with Crippen LogP contribution in [0.25, 0.3) is 10.1 Å². The van der Waals surface area contributed by atoms with E-state index in [4.69, 9.17) is 5.11 Å². The van der Waals surface area contributed by atoms with Gasteiger partial charge >= 0.3 is 0 Å². The highest BCUT2D eigenvalue weighted by atomic mass is 32.1. The molecule has 0 aliphatic carbocycles. The zero-order valence-corrected chi connectivity index (χ0v) is 11.0. The molecular weight excluding hydrogens is 253 g/mol. The standard InChI is InChI=1S/C13H14FNO2S/c1-8(7-16)15(2)13(17)12-5-9-3-4-10(14)6-11(9)18-12/h3-6,8,16H,7H2,1-2H3. The highest BCUT2D eigenvalue weighted by Crippen LogP contribution is 2.27. The van der Waals surface area contributed by atoms with Crippen molar-refractivity contribution in [2.24, 2.45) is 0 Å². The first-order valence-corrected chi connectivity index (χ1v) is 6.41. The molecule has 0 aliphatic heterocycles. The molecule has 0 bridgehead atoms. The van der Waals surface area contributed by atoms with Crippen LogP contribution < -0.4 is 0 Å². The summed E-state index contributed by atoms with van der Waals surface area (Å²) in [5.41, 5.74) is 0. The number of hydrogen-bond acceptors (Lipinski definition) is 3. The van der Waals surface area contributed by atoms with Crippen molar-refractivity contribution < 1.29 is 14.3 Å². The van der Waals surface area contributed by atoms with Crippen LogP contribution in [0.3, 0.4) is 0 Å². The third-order valence-electron chi connectivity index (χ3n) is 2.94. The number of fused-ring (bicyclic) bond motifs is 1. The van der Waals surface area contributed by atoms with E-state index in [1.165, 1.54) is 28.4 Å². The molecule has 2 aromatic rings. The minimum atomic E-state index is -0.305. The Balaban J connectivity index is 2.33. The molecule has 0 saturated carbocycles. The molecule has 0 fully saturated rings. The number of nitrogens with zero attached hydrogens (tertiary/aromatic N) is 1. The SMILES string of the molecule is CC(CO)N(C)C(=O)c1cc2ccc(F)cc2s1. The second kappa shape index (κ2) is 5.04. The lowest BCUT2D eigenvalue weighted by Crippen LogP contribution is -2.36. The first kappa shape index (κ1) is 13.0. The molecule has 1 aromatic heterocycles. The normalized spacial score (nSPS) is 12.7. The number of aliphatic hydroxyl groups excluding tert-OH is 1. The summed E-state index contributed by atoms with van der Waals surface area (Å²) in [5.74, 6) is -0.460. The van der Waals surface area contributed by atoms with Gasteiger partial charge in [-0.05, 0) is 30.5 Å². The van der Waals surface area contributed by atoms with Crippen LogP contribution in [0, 0.1) is 5.82 Å². The van der Waals surface area contributed by atoms with Gasteiger partial charge in [-0.1, -0.05) is 6.07 Å². The molecule has 3 nitrogen and oxygen atoms in total. The smallest absolute Gasteiger partial charge is 0.264 e. The van der Waals surface area contributed by atoms with Crippen molar-refractivity contribution in [1.29, 1.82) is 0 Å². The van der Waals surface area contributed by atoms with Gasteiger partial charge in [-0.25, -0.2) is 4.39 Å². The molecule has 1 amide bonds. The monoisotopic (exact) mass is 267 g/mol. The van der Waals surface area contributed by atoms with Crippen LogP contribution in [0.1, 0.15) is 16.6 Å². The Labute approximate surface area is 108 Å². The van der Waals surface area contributed by atoms with Crippen molar-refractivity contribution in [3.63, 3.8) is 0 Å². The molecule has 1 unspecified atom stereocenters. The summed E-state index contributed by atoms with van der Waals surface area (Å²) in [5, 5.41) is 9.89. The first-order chi connectivity index (χ1) is 8.52. The number of carbonyl (C=O) groups is 1. The van der Waals surface area contributed by atoms with E-state index in [2.05, 4.69) is 0 Å². The Bertz CT molecular complexity index is 581. The fraction of sp³-hybridized carbons (Fsp3) is 0.308. The second-order valence-corrected chi connectivity index (χ2v) is 5.32. The Kier molecular flexibility index (Phi) is 3.63. The van der Waals surface area contributed by atoms with Crippen LogP contribution in [0.2, 0.25) is 0 Å². The van der Waals surface area contributed by atoms with Gasteiger partial charge in [0.2, 0.25) is 0 Å². The predicted molar refractivity (Wildman–Crippen MR) is 70.4 cm³/mol. The van der Waals surface area contributed by atoms with Crippen molar-refractivity contribution in [2.75, 3.05) is 13.7 Å². The van der Waals surface area contributed by atoms with Gasteiger partial charge in [-0.15, -0.1) is 11.3 Å². The molecule has 96 valence electrons. The molecule has 1 heterocycles. The lowest BCUT2D eigenvalue weighted by atomic mass is 10.2. The summed E-state index contributed by atoms with van der Waals surface area (Å²) in [6.45, 7) is 1.69. The molecule has 5 heteroatoms. The van der Waals surface area contributed by atoms with E-state index in [1.54, 1.807) is 26.1 Å². The van der Waals surface area contributed by atoms with Crippen LogP contribution in [0.5, 0.6) is 0 Å². The van der Waals surface area contributed by atoms with Crippen LogP contribution in [-0.2, 0) is 0 Å². The van der Waals surface area contributed by atoms with Crippen LogP contribution >= 0.6 is 11.3 Å². The number of thiophene rings is 1. The summed E-state index contributed by atoms with van der Waals surface area (Å²) in [7, 11) is 1.65. The van der Waals surface area contributed by atoms with Crippen molar-refractivity contribution >= 4 is 27.3 Å². The van der Waals surface area contributed by atoms with Gasteiger partial charge in [-0.2, -0.15) is 0 Å². The van der Waals surface area contributed by atoms with E-state index in [0.29, 0.717) is 4.88 Å². The highest BCUT2D eigenvalue weighted by molar-refractivity contribution is 7.20. The number of benzene rings is 1. The Morgan fingerprint density at radius 2 is 2.22 bits per heavy atom. The molecule has 0 saturated heterocycles. The Morgan fingerprint density at radius 3 is 2.89 bits per heavy atom. The third kappa shape index (κ3) is 2.37. The molecule has 0 aliphatic rings. The maximum Gasteiger partial charge on any atom is 0.264 e. The van der Waals surface area contributed by atoms with Gasteiger partial charge in [0.15, 0.2) is 0 Å². The molecule has 2 rings (SSSR count). The number of aliphatic hydroxyl groups is 1. The summed E-state index contributed by atoms with van der Waals surface area (Å²) < 4.78 is 13.8. The summed E-state index contributed by atoms with van der Waals surface area (Å²) in [6, 6.07) is 5.98. The van der Waals surface area contributed by atoms with E-state index in [-0.39, 0.29) is 24.4 Å². The zero-order chi connectivity index (χ0) is 13.3. The zero-order valence-electron chi connectivity index (χ0n) is 10.2. The molecule has 1 atom stereocenters. The predicted octanol–water partition coefficient (Wildman–Crippen LogP) is 2.49. The number of carbonyl (C=O) groups excluding carboxylic acids is 1. The second-order valence-electron chi connectivity index (χ2n) is 4.24. The molecule has 1 aromatic carbocycles. The topological polar surface area (TPSA) is 40.5 Å². The van der Waals surface area contributed by atoms with Gasteiger partial charge in [0.05, 0.1) is 17.5 Å². The summed E-state index contributed by atoms with van der Waals surface area (Å²) >= 11 is 1.26. The Hall–Kier alpha value is -1.46. The largest absolute Gasteiger partial charge is 0.394 e. The van der Waals surface area contributed by atoms with Gasteiger partial charge in [0.25, 0.3) is 5.91 Å². The number of hydrogen-bond donors (Lipinski definition) is 1. The van der Waals surface area contributed by atoms with E-state index in [1.807, 2.05) is 0 Å².